The fourth-order valence-electron chi connectivity index (χ4n) is 2.36. The molecule has 2 heterocycles. The van der Waals surface area contributed by atoms with Gasteiger partial charge in [-0.05, 0) is 53.8 Å². The second-order valence-electron chi connectivity index (χ2n) is 6.10. The minimum Gasteiger partial charge on any atom is -0.384 e. The van der Waals surface area contributed by atoms with Crippen molar-refractivity contribution in [3.05, 3.63) is 52.5 Å². The molecule has 21 heavy (non-hydrogen) atoms. The first-order valence-corrected chi connectivity index (χ1v) is 8.32. The van der Waals surface area contributed by atoms with E-state index in [2.05, 4.69) is 24.1 Å². The molecule has 0 aromatic carbocycles. The summed E-state index contributed by atoms with van der Waals surface area (Å²) in [6, 6.07) is 8.12. The number of thiophene rings is 1. The van der Waals surface area contributed by atoms with E-state index in [4.69, 9.17) is 0 Å². The smallest absolute Gasteiger partial charge is 0.100 e. The van der Waals surface area contributed by atoms with Crippen molar-refractivity contribution in [3.8, 4) is 0 Å². The van der Waals surface area contributed by atoms with Crippen LogP contribution in [0.5, 0.6) is 0 Å². The van der Waals surface area contributed by atoms with E-state index >= 15 is 0 Å². The highest BCUT2D eigenvalue weighted by molar-refractivity contribution is 7.08. The third-order valence-electron chi connectivity index (χ3n) is 3.59. The van der Waals surface area contributed by atoms with Gasteiger partial charge in [0.1, 0.15) is 5.60 Å². The van der Waals surface area contributed by atoms with Gasteiger partial charge in [-0.15, -0.1) is 0 Å². The summed E-state index contributed by atoms with van der Waals surface area (Å²) in [5, 5.41) is 18.1. The van der Waals surface area contributed by atoms with Crippen LogP contribution in [0.2, 0.25) is 0 Å². The molecule has 0 radical (unpaired) electrons. The molecule has 4 heteroatoms. The number of nitrogens with zero attached hydrogens (tertiary/aromatic N) is 1. The molecule has 0 bridgehead atoms. The number of nitrogens with one attached hydrogen (secondary N) is 1. The largest absolute Gasteiger partial charge is 0.384 e. The molecule has 0 aliphatic carbocycles. The number of pyridine rings is 1. The van der Waals surface area contributed by atoms with Crippen LogP contribution in [0.25, 0.3) is 0 Å². The summed E-state index contributed by atoms with van der Waals surface area (Å²) in [7, 11) is 0. The summed E-state index contributed by atoms with van der Waals surface area (Å²) in [5.41, 5.74) is 1.14. The molecular weight excluding hydrogens is 280 g/mol. The second-order valence-corrected chi connectivity index (χ2v) is 6.88. The van der Waals surface area contributed by atoms with Crippen LogP contribution in [0.15, 0.2) is 41.2 Å². The van der Waals surface area contributed by atoms with Crippen molar-refractivity contribution in [1.29, 1.82) is 0 Å². The average molecular weight is 304 g/mol. The first kappa shape index (κ1) is 16.1. The Bertz CT molecular complexity index is 523. The summed E-state index contributed by atoms with van der Waals surface area (Å²) >= 11 is 1.61. The number of hydrogen-bond acceptors (Lipinski definition) is 4. The third-order valence-corrected chi connectivity index (χ3v) is 4.27. The highest BCUT2D eigenvalue weighted by Gasteiger charge is 2.25. The molecule has 0 aliphatic rings. The molecule has 2 aromatic rings. The van der Waals surface area contributed by atoms with Crippen molar-refractivity contribution in [2.24, 2.45) is 5.92 Å². The molecule has 2 N–H and O–H groups in total. The Morgan fingerprint density at radius 2 is 2.14 bits per heavy atom. The summed E-state index contributed by atoms with van der Waals surface area (Å²) in [4.78, 5) is 4.45. The summed E-state index contributed by atoms with van der Waals surface area (Å²) in [6.45, 7) is 6.77. The van der Waals surface area contributed by atoms with Gasteiger partial charge in [0.25, 0.3) is 0 Å². The minimum atomic E-state index is -0.857. The number of aliphatic hydroxyl groups is 1. The molecule has 3 nitrogen and oxygen atoms in total. The molecular formula is C17H24N2OS. The van der Waals surface area contributed by atoms with Gasteiger partial charge in [0.2, 0.25) is 0 Å². The summed E-state index contributed by atoms with van der Waals surface area (Å²) in [5.74, 6) is 0.565. The number of hydrogen-bond donors (Lipinski definition) is 2. The molecule has 2 rings (SSSR count). The summed E-state index contributed by atoms with van der Waals surface area (Å²) < 4.78 is 0. The van der Waals surface area contributed by atoms with E-state index in [1.54, 1.807) is 11.3 Å². The van der Waals surface area contributed by atoms with Gasteiger partial charge in [-0.25, -0.2) is 0 Å². The Kier molecular flexibility index (Phi) is 5.51. The number of aromatic nitrogens is 1. The van der Waals surface area contributed by atoms with Crippen molar-refractivity contribution in [2.45, 2.75) is 38.8 Å². The van der Waals surface area contributed by atoms with E-state index in [1.807, 2.05) is 48.1 Å². The Hall–Kier alpha value is -1.23. The van der Waals surface area contributed by atoms with Gasteiger partial charge in [0, 0.05) is 18.8 Å². The zero-order valence-corrected chi connectivity index (χ0v) is 13.7. The average Bonchev–Trinajstić information content (AvgIpc) is 2.99. The quantitative estimate of drug-likeness (QED) is 0.819. The van der Waals surface area contributed by atoms with Gasteiger partial charge in [0.05, 0.1) is 5.69 Å². The first-order valence-electron chi connectivity index (χ1n) is 7.38. The Morgan fingerprint density at radius 3 is 2.71 bits per heavy atom. The van der Waals surface area contributed by atoms with E-state index < -0.39 is 5.60 Å². The highest BCUT2D eigenvalue weighted by atomic mass is 32.1. The van der Waals surface area contributed by atoms with E-state index in [1.165, 1.54) is 0 Å². The van der Waals surface area contributed by atoms with Crippen LogP contribution in [-0.4, -0.2) is 16.6 Å². The van der Waals surface area contributed by atoms with Crippen LogP contribution >= 0.6 is 11.3 Å². The van der Waals surface area contributed by atoms with Crippen LogP contribution < -0.4 is 5.32 Å². The van der Waals surface area contributed by atoms with Crippen molar-refractivity contribution in [2.75, 3.05) is 6.54 Å². The SMILES string of the molecule is CC(C)CC(NCC(C)(O)c1ccsc1)c1ccccn1. The van der Waals surface area contributed by atoms with E-state index in [-0.39, 0.29) is 6.04 Å². The van der Waals surface area contributed by atoms with E-state index in [9.17, 15) is 5.11 Å². The second kappa shape index (κ2) is 7.16. The lowest BCUT2D eigenvalue weighted by atomic mass is 9.96. The van der Waals surface area contributed by atoms with Crippen LogP contribution in [0.1, 0.15) is 44.5 Å². The molecule has 114 valence electrons. The lowest BCUT2D eigenvalue weighted by Crippen LogP contribution is -2.37. The molecule has 0 amide bonds. The minimum absolute atomic E-state index is 0.163. The fraction of sp³-hybridized carbons (Fsp3) is 0.471. The van der Waals surface area contributed by atoms with Crippen LogP contribution in [0.4, 0.5) is 0 Å². The van der Waals surface area contributed by atoms with Crippen molar-refractivity contribution >= 4 is 11.3 Å². The maximum atomic E-state index is 10.6. The van der Waals surface area contributed by atoms with Gasteiger partial charge >= 0.3 is 0 Å². The molecule has 0 saturated heterocycles. The predicted octanol–water partition coefficient (Wildman–Crippen LogP) is 3.73. The van der Waals surface area contributed by atoms with Gasteiger partial charge in [-0.3, -0.25) is 4.98 Å². The molecule has 0 spiro atoms. The molecule has 2 unspecified atom stereocenters. The lowest BCUT2D eigenvalue weighted by molar-refractivity contribution is 0.0531. The highest BCUT2D eigenvalue weighted by Crippen LogP contribution is 2.25. The zero-order valence-electron chi connectivity index (χ0n) is 12.9. The van der Waals surface area contributed by atoms with Gasteiger partial charge in [-0.2, -0.15) is 11.3 Å². The lowest BCUT2D eigenvalue weighted by Gasteiger charge is -2.27. The van der Waals surface area contributed by atoms with Gasteiger partial charge in [-0.1, -0.05) is 19.9 Å². The van der Waals surface area contributed by atoms with Crippen LogP contribution in [0.3, 0.4) is 0 Å². The van der Waals surface area contributed by atoms with Crippen molar-refractivity contribution < 1.29 is 5.11 Å². The van der Waals surface area contributed by atoms with Crippen molar-refractivity contribution in [3.63, 3.8) is 0 Å². The van der Waals surface area contributed by atoms with Crippen LogP contribution in [0, 0.1) is 5.92 Å². The topological polar surface area (TPSA) is 45.1 Å². The van der Waals surface area contributed by atoms with Crippen molar-refractivity contribution in [1.82, 2.24) is 10.3 Å². The van der Waals surface area contributed by atoms with Gasteiger partial charge < -0.3 is 10.4 Å². The molecule has 2 aromatic heterocycles. The van der Waals surface area contributed by atoms with Gasteiger partial charge in [0.15, 0.2) is 0 Å². The first-order chi connectivity index (χ1) is 9.99. The van der Waals surface area contributed by atoms with Crippen LogP contribution in [-0.2, 0) is 5.60 Å². The van der Waals surface area contributed by atoms with E-state index in [0.717, 1.165) is 17.7 Å². The Balaban J connectivity index is 2.06. The monoisotopic (exact) mass is 304 g/mol. The molecule has 0 saturated carbocycles. The molecule has 0 fully saturated rings. The Labute approximate surface area is 131 Å². The predicted molar refractivity (Wildman–Crippen MR) is 88.3 cm³/mol. The normalized spacial score (nSPS) is 15.9. The third kappa shape index (κ3) is 4.63. The zero-order chi connectivity index (χ0) is 15.3. The molecule has 0 aliphatic heterocycles. The Morgan fingerprint density at radius 1 is 1.33 bits per heavy atom. The maximum absolute atomic E-state index is 10.6. The summed E-state index contributed by atoms with van der Waals surface area (Å²) in [6.07, 6.45) is 2.82. The number of rotatable bonds is 7. The molecule has 2 atom stereocenters. The van der Waals surface area contributed by atoms with E-state index in [0.29, 0.717) is 12.5 Å². The standard InChI is InChI=1S/C17H24N2OS/c1-13(2)10-16(15-6-4-5-8-18-15)19-12-17(3,20)14-7-9-21-11-14/h4-9,11,13,16,19-20H,10,12H2,1-3H3. The fourth-order valence-corrected chi connectivity index (χ4v) is 3.14. The maximum Gasteiger partial charge on any atom is 0.100 e.